The van der Waals surface area contributed by atoms with Crippen LogP contribution in [0.3, 0.4) is 0 Å². The first-order valence-corrected chi connectivity index (χ1v) is 9.95. The van der Waals surface area contributed by atoms with Gasteiger partial charge in [0.1, 0.15) is 6.04 Å². The average Bonchev–Trinajstić information content (AvgIpc) is 2.91. The van der Waals surface area contributed by atoms with E-state index >= 15 is 0 Å². The maximum atomic E-state index is 12.0. The monoisotopic (exact) mass is 374 g/mol. The van der Waals surface area contributed by atoms with Crippen molar-refractivity contribution >= 4 is 17.9 Å². The number of aryl methyl sites for hydroxylation is 1. The van der Waals surface area contributed by atoms with Crippen LogP contribution in [0.2, 0.25) is 0 Å². The summed E-state index contributed by atoms with van der Waals surface area (Å²) in [5.41, 5.74) is 1.33. The van der Waals surface area contributed by atoms with Crippen LogP contribution in [0, 0.1) is 0 Å². The van der Waals surface area contributed by atoms with E-state index in [1.54, 1.807) is 4.90 Å². The number of unbranched alkanes of at least 4 members (excludes halogenated alkanes) is 5. The van der Waals surface area contributed by atoms with Crippen molar-refractivity contribution in [1.29, 1.82) is 0 Å². The molecule has 1 fully saturated rings. The Balaban J connectivity index is 1.64. The molecule has 1 saturated heterocycles. The van der Waals surface area contributed by atoms with Gasteiger partial charge >= 0.3 is 12.0 Å². The number of amides is 3. The molecule has 0 saturated carbocycles. The molecule has 1 aromatic rings. The summed E-state index contributed by atoms with van der Waals surface area (Å²) in [6.45, 7) is 0.607. The van der Waals surface area contributed by atoms with Crippen LogP contribution >= 0.6 is 0 Å². The van der Waals surface area contributed by atoms with E-state index in [0.717, 1.165) is 44.9 Å². The highest BCUT2D eigenvalue weighted by atomic mass is 16.4. The lowest BCUT2D eigenvalue weighted by atomic mass is 10.0. The molecule has 1 aliphatic rings. The molecule has 3 amide bonds. The van der Waals surface area contributed by atoms with E-state index < -0.39 is 5.97 Å². The highest BCUT2D eigenvalue weighted by Crippen LogP contribution is 2.18. The van der Waals surface area contributed by atoms with Crippen LogP contribution in [0.5, 0.6) is 0 Å². The molecule has 148 valence electrons. The molecule has 0 bridgehead atoms. The number of urea groups is 1. The number of rotatable bonds is 13. The van der Waals surface area contributed by atoms with Gasteiger partial charge in [0.15, 0.2) is 0 Å². The van der Waals surface area contributed by atoms with Gasteiger partial charge in [0.25, 0.3) is 5.91 Å². The second-order valence-corrected chi connectivity index (χ2v) is 7.15. The van der Waals surface area contributed by atoms with Crippen LogP contribution in [-0.2, 0) is 16.0 Å². The summed E-state index contributed by atoms with van der Waals surface area (Å²) >= 11 is 0. The van der Waals surface area contributed by atoms with Gasteiger partial charge in [-0.15, -0.1) is 0 Å². The Morgan fingerprint density at radius 2 is 1.67 bits per heavy atom. The first-order valence-electron chi connectivity index (χ1n) is 9.95. The number of hydrogen-bond acceptors (Lipinski definition) is 3. The zero-order chi connectivity index (χ0) is 19.5. The number of benzene rings is 1. The quantitative estimate of drug-likeness (QED) is 0.407. The van der Waals surface area contributed by atoms with E-state index in [4.69, 9.17) is 5.11 Å². The molecule has 0 aromatic heterocycles. The van der Waals surface area contributed by atoms with Gasteiger partial charge in [-0.25, -0.2) is 4.79 Å². The van der Waals surface area contributed by atoms with Crippen molar-refractivity contribution in [2.75, 3.05) is 6.54 Å². The fourth-order valence-electron chi connectivity index (χ4n) is 3.49. The largest absolute Gasteiger partial charge is 0.481 e. The van der Waals surface area contributed by atoms with Crippen molar-refractivity contribution in [1.82, 2.24) is 10.2 Å². The Morgan fingerprint density at radius 3 is 2.41 bits per heavy atom. The minimum absolute atomic E-state index is 0.192. The Morgan fingerprint density at radius 1 is 0.963 bits per heavy atom. The van der Waals surface area contributed by atoms with Gasteiger partial charge < -0.3 is 10.0 Å². The minimum Gasteiger partial charge on any atom is -0.481 e. The summed E-state index contributed by atoms with van der Waals surface area (Å²) in [5, 5.41) is 11.1. The van der Waals surface area contributed by atoms with Crippen molar-refractivity contribution in [3.63, 3.8) is 0 Å². The predicted octanol–water partition coefficient (Wildman–Crippen LogP) is 3.75. The van der Waals surface area contributed by atoms with Gasteiger partial charge in [0, 0.05) is 13.0 Å². The van der Waals surface area contributed by atoms with E-state index in [1.165, 1.54) is 5.56 Å². The standard InChI is InChI=1S/C21H30N2O4/c24-19(25)15-9-2-1-8-14-18-20(26)22-21(27)23(18)16-10-4-7-13-17-11-5-3-6-12-17/h3,5-6,11-12,18H,1-2,4,7-10,13-16H2,(H,24,25)(H,22,26,27). The molecule has 1 unspecified atom stereocenters. The van der Waals surface area contributed by atoms with Crippen molar-refractivity contribution in [2.24, 2.45) is 0 Å². The molecule has 6 nitrogen and oxygen atoms in total. The number of carboxylic acid groups (broad SMARTS) is 1. The van der Waals surface area contributed by atoms with Crippen LogP contribution in [-0.4, -0.2) is 40.5 Å². The summed E-state index contributed by atoms with van der Waals surface area (Å²) in [6.07, 6.45) is 8.08. The van der Waals surface area contributed by atoms with Crippen molar-refractivity contribution < 1.29 is 19.5 Å². The maximum absolute atomic E-state index is 12.0. The van der Waals surface area contributed by atoms with E-state index in [0.29, 0.717) is 19.4 Å². The first kappa shape index (κ1) is 20.9. The Kier molecular flexibility index (Phi) is 8.81. The van der Waals surface area contributed by atoms with Crippen molar-refractivity contribution in [3.8, 4) is 0 Å². The number of imide groups is 1. The number of carboxylic acids is 1. The molecule has 1 atom stereocenters. The molecule has 1 heterocycles. The van der Waals surface area contributed by atoms with Crippen LogP contribution < -0.4 is 5.32 Å². The molecule has 0 radical (unpaired) electrons. The third-order valence-electron chi connectivity index (χ3n) is 5.00. The van der Waals surface area contributed by atoms with Gasteiger partial charge in [-0.3, -0.25) is 14.9 Å². The first-order chi connectivity index (χ1) is 13.1. The predicted molar refractivity (Wildman–Crippen MR) is 103 cm³/mol. The molecule has 1 aliphatic heterocycles. The fraction of sp³-hybridized carbons (Fsp3) is 0.571. The number of nitrogens with zero attached hydrogens (tertiary/aromatic N) is 1. The van der Waals surface area contributed by atoms with E-state index in [1.807, 2.05) is 18.2 Å². The second-order valence-electron chi connectivity index (χ2n) is 7.15. The van der Waals surface area contributed by atoms with Gasteiger partial charge in [-0.1, -0.05) is 56.0 Å². The maximum Gasteiger partial charge on any atom is 0.324 e. The molecule has 2 N–H and O–H groups in total. The highest BCUT2D eigenvalue weighted by molar-refractivity contribution is 6.04. The molecule has 1 aromatic carbocycles. The van der Waals surface area contributed by atoms with Gasteiger partial charge in [0.2, 0.25) is 0 Å². The van der Waals surface area contributed by atoms with Gasteiger partial charge in [-0.2, -0.15) is 0 Å². The van der Waals surface area contributed by atoms with Crippen LogP contribution in [0.4, 0.5) is 4.79 Å². The number of carbonyl (C=O) groups is 3. The molecular weight excluding hydrogens is 344 g/mol. The summed E-state index contributed by atoms with van der Waals surface area (Å²) < 4.78 is 0. The molecule has 6 heteroatoms. The zero-order valence-corrected chi connectivity index (χ0v) is 15.9. The van der Waals surface area contributed by atoms with Crippen molar-refractivity contribution in [2.45, 2.75) is 70.3 Å². The smallest absolute Gasteiger partial charge is 0.324 e. The second kappa shape index (κ2) is 11.4. The number of carbonyl (C=O) groups excluding carboxylic acids is 2. The van der Waals surface area contributed by atoms with Gasteiger partial charge in [0.05, 0.1) is 0 Å². The minimum atomic E-state index is -0.769. The highest BCUT2D eigenvalue weighted by Gasteiger charge is 2.37. The Labute approximate surface area is 160 Å². The molecular formula is C21H30N2O4. The summed E-state index contributed by atoms with van der Waals surface area (Å²) in [4.78, 5) is 36.2. The number of hydrogen-bond donors (Lipinski definition) is 2. The normalized spacial score (nSPS) is 16.6. The molecule has 2 rings (SSSR count). The fourth-order valence-corrected chi connectivity index (χ4v) is 3.49. The summed E-state index contributed by atoms with van der Waals surface area (Å²) in [5.74, 6) is -0.968. The molecule has 0 aliphatic carbocycles. The Bertz CT molecular complexity index is 618. The number of aliphatic carboxylic acids is 1. The number of nitrogens with one attached hydrogen (secondary N) is 1. The SMILES string of the molecule is O=C(O)CCCCCCC1C(=O)NC(=O)N1CCCCCc1ccccc1. The lowest BCUT2D eigenvalue weighted by molar-refractivity contribution is -0.137. The third-order valence-corrected chi connectivity index (χ3v) is 5.00. The average molecular weight is 374 g/mol. The lowest BCUT2D eigenvalue weighted by Crippen LogP contribution is -2.35. The molecule has 0 spiro atoms. The van der Waals surface area contributed by atoms with E-state index in [2.05, 4.69) is 17.4 Å². The van der Waals surface area contributed by atoms with E-state index in [-0.39, 0.29) is 24.4 Å². The van der Waals surface area contributed by atoms with Crippen LogP contribution in [0.1, 0.15) is 63.4 Å². The Hall–Kier alpha value is -2.37. The van der Waals surface area contributed by atoms with Gasteiger partial charge in [-0.05, 0) is 37.7 Å². The molecule has 27 heavy (non-hydrogen) atoms. The summed E-state index contributed by atoms with van der Waals surface area (Å²) in [7, 11) is 0. The lowest BCUT2D eigenvalue weighted by Gasteiger charge is -2.21. The van der Waals surface area contributed by atoms with Crippen molar-refractivity contribution in [3.05, 3.63) is 35.9 Å². The van der Waals surface area contributed by atoms with Crippen LogP contribution in [0.25, 0.3) is 0 Å². The van der Waals surface area contributed by atoms with E-state index in [9.17, 15) is 14.4 Å². The third kappa shape index (κ3) is 7.41. The zero-order valence-electron chi connectivity index (χ0n) is 15.9. The summed E-state index contributed by atoms with van der Waals surface area (Å²) in [6, 6.07) is 9.70. The van der Waals surface area contributed by atoms with Crippen LogP contribution in [0.15, 0.2) is 30.3 Å². The topological polar surface area (TPSA) is 86.7 Å².